The molecule has 0 fully saturated rings. The van der Waals surface area contributed by atoms with Gasteiger partial charge in [-0.05, 0) is 60.5 Å². The predicted octanol–water partition coefficient (Wildman–Crippen LogP) is 4.80. The summed E-state index contributed by atoms with van der Waals surface area (Å²) in [5.41, 5.74) is 7.30. The van der Waals surface area contributed by atoms with E-state index in [9.17, 15) is 4.79 Å². The van der Waals surface area contributed by atoms with Gasteiger partial charge in [-0.3, -0.25) is 4.79 Å². The zero-order chi connectivity index (χ0) is 21.8. The van der Waals surface area contributed by atoms with Gasteiger partial charge in [-0.25, -0.2) is 0 Å². The highest BCUT2D eigenvalue weighted by atomic mass is 16.2. The quantitative estimate of drug-likeness (QED) is 0.653. The Labute approximate surface area is 185 Å². The van der Waals surface area contributed by atoms with Crippen LogP contribution in [0.1, 0.15) is 23.6 Å². The van der Waals surface area contributed by atoms with E-state index in [0.29, 0.717) is 6.54 Å². The van der Waals surface area contributed by atoms with Gasteiger partial charge in [0, 0.05) is 32.2 Å². The van der Waals surface area contributed by atoms with Crippen LogP contribution in [-0.4, -0.2) is 42.4 Å². The van der Waals surface area contributed by atoms with E-state index in [-0.39, 0.29) is 11.9 Å². The van der Waals surface area contributed by atoms with Crippen LogP contribution in [0, 0.1) is 0 Å². The maximum absolute atomic E-state index is 12.6. The van der Waals surface area contributed by atoms with Gasteiger partial charge in [0.1, 0.15) is 0 Å². The fraction of sp³-hybridized carbons (Fsp3) is 0.296. The fourth-order valence-corrected chi connectivity index (χ4v) is 4.43. The van der Waals surface area contributed by atoms with E-state index in [1.165, 1.54) is 27.8 Å². The van der Waals surface area contributed by atoms with E-state index >= 15 is 0 Å². The van der Waals surface area contributed by atoms with Crippen LogP contribution in [0.15, 0.2) is 72.8 Å². The zero-order valence-corrected chi connectivity index (χ0v) is 18.6. The number of fused-ring (bicyclic) bond motifs is 1. The number of rotatable bonds is 5. The van der Waals surface area contributed by atoms with Crippen LogP contribution >= 0.6 is 0 Å². The lowest BCUT2D eigenvalue weighted by molar-refractivity contribution is -0.131. The number of carbonyl (C=O) groups excluding carboxylic acids is 1. The minimum Gasteiger partial charge on any atom is -0.383 e. The van der Waals surface area contributed by atoms with Crippen molar-refractivity contribution in [3.05, 3.63) is 89.5 Å². The van der Waals surface area contributed by atoms with Crippen molar-refractivity contribution in [1.29, 1.82) is 0 Å². The molecule has 0 bridgehead atoms. The van der Waals surface area contributed by atoms with Crippen molar-refractivity contribution in [1.82, 2.24) is 9.80 Å². The molecule has 4 nitrogen and oxygen atoms in total. The number of anilines is 1. The average Bonchev–Trinajstić information content (AvgIpc) is 2.94. The minimum absolute atomic E-state index is 0.119. The Morgan fingerprint density at radius 2 is 1.77 bits per heavy atom. The number of nitrogens with one attached hydrogen (secondary N) is 1. The second-order valence-electron chi connectivity index (χ2n) is 8.64. The largest absolute Gasteiger partial charge is 0.383 e. The van der Waals surface area contributed by atoms with Gasteiger partial charge >= 0.3 is 0 Å². The first-order valence-electron chi connectivity index (χ1n) is 10.9. The van der Waals surface area contributed by atoms with Gasteiger partial charge in [-0.1, -0.05) is 60.7 Å². The van der Waals surface area contributed by atoms with Crippen molar-refractivity contribution < 1.29 is 4.79 Å². The van der Waals surface area contributed by atoms with Gasteiger partial charge in [0.05, 0.1) is 6.04 Å². The van der Waals surface area contributed by atoms with Gasteiger partial charge in [-0.2, -0.15) is 0 Å². The molecular formula is C27H31N3O. The Bertz CT molecular complexity index is 1050. The van der Waals surface area contributed by atoms with Gasteiger partial charge < -0.3 is 15.1 Å². The molecule has 0 radical (unpaired) electrons. The number of hydrogen-bond acceptors (Lipinski definition) is 3. The topological polar surface area (TPSA) is 35.6 Å². The lowest BCUT2D eigenvalue weighted by Gasteiger charge is -2.29. The van der Waals surface area contributed by atoms with E-state index < -0.39 is 0 Å². The maximum Gasteiger partial charge on any atom is 0.220 e. The molecule has 3 aromatic rings. The summed E-state index contributed by atoms with van der Waals surface area (Å²) in [5, 5.41) is 3.60. The summed E-state index contributed by atoms with van der Waals surface area (Å²) in [4.78, 5) is 16.8. The molecule has 4 heteroatoms. The molecule has 0 spiro atoms. The molecule has 0 aliphatic carbocycles. The van der Waals surface area contributed by atoms with Crippen LogP contribution in [0.2, 0.25) is 0 Å². The third-order valence-corrected chi connectivity index (χ3v) is 5.95. The molecule has 4 rings (SSSR count). The predicted molar refractivity (Wildman–Crippen MR) is 128 cm³/mol. The SMILES string of the molecule is CC(=O)N1Cc2cc(-c3ccccc3CN(C)C)ccc2NCC1Cc1ccccc1. The monoisotopic (exact) mass is 413 g/mol. The molecule has 1 unspecified atom stereocenters. The Kier molecular flexibility index (Phi) is 6.38. The Morgan fingerprint density at radius 1 is 1.03 bits per heavy atom. The van der Waals surface area contributed by atoms with Gasteiger partial charge in [0.15, 0.2) is 0 Å². The van der Waals surface area contributed by atoms with Crippen LogP contribution in [0.3, 0.4) is 0 Å². The summed E-state index contributed by atoms with van der Waals surface area (Å²) in [6.07, 6.45) is 0.847. The highest BCUT2D eigenvalue weighted by molar-refractivity contribution is 5.76. The van der Waals surface area contributed by atoms with Gasteiger partial charge in [0.2, 0.25) is 5.91 Å². The van der Waals surface area contributed by atoms with Crippen molar-refractivity contribution in [3.63, 3.8) is 0 Å². The standard InChI is InChI=1S/C27H31N3O/c1-20(31)30-19-24-16-22(26-12-8-7-11-23(26)18-29(2)3)13-14-27(24)28-17-25(30)15-21-9-5-4-6-10-21/h4-14,16,25,28H,15,17-19H2,1-3H3. The van der Waals surface area contributed by atoms with Crippen molar-refractivity contribution in [2.45, 2.75) is 32.5 Å². The minimum atomic E-state index is 0.119. The second-order valence-corrected chi connectivity index (χ2v) is 8.64. The molecular weight excluding hydrogens is 382 g/mol. The number of nitrogens with zero attached hydrogens (tertiary/aromatic N) is 2. The van der Waals surface area contributed by atoms with Crippen molar-refractivity contribution in [3.8, 4) is 11.1 Å². The zero-order valence-electron chi connectivity index (χ0n) is 18.6. The number of amides is 1. The molecule has 160 valence electrons. The van der Waals surface area contributed by atoms with Crippen LogP contribution in [0.25, 0.3) is 11.1 Å². The molecule has 31 heavy (non-hydrogen) atoms. The van der Waals surface area contributed by atoms with Crippen LogP contribution in [0.4, 0.5) is 5.69 Å². The second kappa shape index (κ2) is 9.36. The van der Waals surface area contributed by atoms with Gasteiger partial charge in [0.25, 0.3) is 0 Å². The van der Waals surface area contributed by atoms with Crippen LogP contribution in [0.5, 0.6) is 0 Å². The molecule has 0 saturated heterocycles. The first kappa shape index (κ1) is 21.1. The van der Waals surface area contributed by atoms with E-state index in [4.69, 9.17) is 0 Å². The molecule has 1 amide bonds. The number of carbonyl (C=O) groups is 1. The first-order valence-corrected chi connectivity index (χ1v) is 10.9. The molecule has 1 atom stereocenters. The first-order chi connectivity index (χ1) is 15.0. The highest BCUT2D eigenvalue weighted by Crippen LogP contribution is 2.31. The van der Waals surface area contributed by atoms with Crippen molar-refractivity contribution >= 4 is 11.6 Å². The molecule has 0 saturated carbocycles. The smallest absolute Gasteiger partial charge is 0.220 e. The maximum atomic E-state index is 12.6. The Balaban J connectivity index is 1.64. The molecule has 1 heterocycles. The summed E-state index contributed by atoms with van der Waals surface area (Å²) < 4.78 is 0. The molecule has 1 aliphatic heterocycles. The number of benzene rings is 3. The third-order valence-electron chi connectivity index (χ3n) is 5.95. The van der Waals surface area contributed by atoms with E-state index in [1.54, 1.807) is 6.92 Å². The van der Waals surface area contributed by atoms with E-state index in [2.05, 4.69) is 91.0 Å². The summed E-state index contributed by atoms with van der Waals surface area (Å²) in [7, 11) is 4.19. The number of hydrogen-bond donors (Lipinski definition) is 1. The average molecular weight is 414 g/mol. The van der Waals surface area contributed by atoms with Crippen molar-refractivity contribution in [2.75, 3.05) is 26.0 Å². The lowest BCUT2D eigenvalue weighted by atomic mass is 9.97. The van der Waals surface area contributed by atoms with Gasteiger partial charge in [-0.15, -0.1) is 0 Å². The molecule has 0 aromatic heterocycles. The summed E-state index contributed by atoms with van der Waals surface area (Å²) in [6.45, 7) is 3.94. The third kappa shape index (κ3) is 4.97. The van der Waals surface area contributed by atoms with Crippen LogP contribution < -0.4 is 5.32 Å². The summed E-state index contributed by atoms with van der Waals surface area (Å²) in [6, 6.07) is 25.7. The highest BCUT2D eigenvalue weighted by Gasteiger charge is 2.26. The van der Waals surface area contributed by atoms with E-state index in [1.807, 2.05) is 11.0 Å². The molecule has 1 aliphatic rings. The van der Waals surface area contributed by atoms with E-state index in [0.717, 1.165) is 25.2 Å². The molecule has 3 aromatic carbocycles. The van der Waals surface area contributed by atoms with Crippen molar-refractivity contribution in [2.24, 2.45) is 0 Å². The normalized spacial score (nSPS) is 15.9. The fourth-order valence-electron chi connectivity index (χ4n) is 4.43. The lowest BCUT2D eigenvalue weighted by Crippen LogP contribution is -2.42. The summed E-state index contributed by atoms with van der Waals surface area (Å²) in [5.74, 6) is 0.119. The summed E-state index contributed by atoms with van der Waals surface area (Å²) >= 11 is 0. The molecule has 1 N–H and O–H groups in total. The Morgan fingerprint density at radius 3 is 2.52 bits per heavy atom. The van der Waals surface area contributed by atoms with Crippen LogP contribution in [-0.2, 0) is 24.3 Å². The Hall–Kier alpha value is -3.11.